The molecule has 1 aromatic carbocycles. The minimum Gasteiger partial charge on any atom is -0.490 e. The van der Waals surface area contributed by atoms with E-state index >= 15 is 0 Å². The van der Waals surface area contributed by atoms with Crippen molar-refractivity contribution in [2.75, 3.05) is 45.9 Å². The molecule has 0 amide bonds. The van der Waals surface area contributed by atoms with Crippen molar-refractivity contribution >= 4 is 17.4 Å². The fraction of sp³-hybridized carbons (Fsp3) is 0.615. The number of nitrogens with zero attached hydrogens (tertiary/aromatic N) is 4. The summed E-state index contributed by atoms with van der Waals surface area (Å²) in [6, 6.07) is 5.45. The van der Waals surface area contributed by atoms with Gasteiger partial charge >= 0.3 is 0 Å². The van der Waals surface area contributed by atoms with E-state index in [1.807, 2.05) is 6.07 Å². The molecule has 6 nitrogen and oxygen atoms in total. The molecule has 2 aliphatic heterocycles. The summed E-state index contributed by atoms with van der Waals surface area (Å²) in [5, 5.41) is 3.24. The van der Waals surface area contributed by atoms with Gasteiger partial charge in [0.15, 0.2) is 11.6 Å². The zero-order chi connectivity index (χ0) is 23.8. The molecule has 7 heteroatoms. The largest absolute Gasteiger partial charge is 0.490 e. The normalized spacial score (nSPS) is 17.7. The summed E-state index contributed by atoms with van der Waals surface area (Å²) in [5.74, 6) is 2.42. The molecule has 2 aliphatic rings. The molecule has 1 fully saturated rings. The zero-order valence-corrected chi connectivity index (χ0v) is 20.7. The highest BCUT2D eigenvalue weighted by atomic mass is 19.1. The lowest BCUT2D eigenvalue weighted by Crippen LogP contribution is -2.51. The van der Waals surface area contributed by atoms with Crippen LogP contribution in [0, 0.1) is 11.7 Å². The SMILES string of the molecule is C=C(NCCCC)c1ccc(OCCC(C)N2CCN(C3=NC(C(C)C)=NC3)CC2)c(F)c1. The van der Waals surface area contributed by atoms with Gasteiger partial charge in [-0.1, -0.05) is 33.8 Å². The second-order valence-corrected chi connectivity index (χ2v) is 9.27. The molecule has 182 valence electrons. The molecule has 0 radical (unpaired) electrons. The van der Waals surface area contributed by atoms with E-state index in [-0.39, 0.29) is 5.82 Å². The van der Waals surface area contributed by atoms with Crippen molar-refractivity contribution in [3.8, 4) is 5.75 Å². The van der Waals surface area contributed by atoms with Gasteiger partial charge in [0.1, 0.15) is 11.7 Å². The molecule has 1 unspecified atom stereocenters. The van der Waals surface area contributed by atoms with E-state index in [1.165, 1.54) is 6.07 Å². The van der Waals surface area contributed by atoms with Crippen molar-refractivity contribution in [1.82, 2.24) is 15.1 Å². The van der Waals surface area contributed by atoms with Crippen molar-refractivity contribution in [2.24, 2.45) is 15.9 Å². The summed E-state index contributed by atoms with van der Waals surface area (Å²) in [7, 11) is 0. The Hall–Kier alpha value is -2.41. The van der Waals surface area contributed by atoms with Gasteiger partial charge < -0.3 is 15.0 Å². The highest BCUT2D eigenvalue weighted by molar-refractivity contribution is 6.03. The van der Waals surface area contributed by atoms with Crippen LogP contribution in [0.3, 0.4) is 0 Å². The van der Waals surface area contributed by atoms with Gasteiger partial charge in [-0.25, -0.2) is 9.38 Å². The lowest BCUT2D eigenvalue weighted by molar-refractivity contribution is 0.122. The van der Waals surface area contributed by atoms with Crippen LogP contribution < -0.4 is 10.1 Å². The van der Waals surface area contributed by atoms with Crippen LogP contribution in [-0.2, 0) is 0 Å². The van der Waals surface area contributed by atoms with Crippen LogP contribution in [0.1, 0.15) is 52.5 Å². The molecular weight excluding hydrogens is 417 g/mol. The smallest absolute Gasteiger partial charge is 0.165 e. The van der Waals surface area contributed by atoms with E-state index in [0.29, 0.717) is 30.9 Å². The Balaban J connectivity index is 1.40. The second kappa shape index (κ2) is 12.2. The van der Waals surface area contributed by atoms with E-state index in [9.17, 15) is 4.39 Å². The number of rotatable bonds is 11. The first-order valence-corrected chi connectivity index (χ1v) is 12.4. The maximum Gasteiger partial charge on any atom is 0.165 e. The number of benzene rings is 1. The molecule has 33 heavy (non-hydrogen) atoms. The molecule has 0 bridgehead atoms. The fourth-order valence-electron chi connectivity index (χ4n) is 4.10. The second-order valence-electron chi connectivity index (χ2n) is 9.27. The van der Waals surface area contributed by atoms with Crippen molar-refractivity contribution in [3.05, 3.63) is 36.2 Å². The average molecular weight is 458 g/mol. The number of hydrogen-bond acceptors (Lipinski definition) is 6. The van der Waals surface area contributed by atoms with E-state index in [0.717, 1.165) is 74.9 Å². The third kappa shape index (κ3) is 7.03. The Kier molecular flexibility index (Phi) is 9.30. The van der Waals surface area contributed by atoms with Crippen molar-refractivity contribution in [1.29, 1.82) is 0 Å². The molecule has 1 saturated heterocycles. The number of amidine groups is 2. The van der Waals surface area contributed by atoms with Crippen LogP contribution in [0.25, 0.3) is 5.70 Å². The minimum absolute atomic E-state index is 0.303. The quantitative estimate of drug-likeness (QED) is 0.500. The van der Waals surface area contributed by atoms with Gasteiger partial charge in [-0.05, 0) is 38.0 Å². The Morgan fingerprint density at radius 3 is 2.61 bits per heavy atom. The molecule has 2 heterocycles. The summed E-state index contributed by atoms with van der Waals surface area (Å²) >= 11 is 0. The lowest BCUT2D eigenvalue weighted by Gasteiger charge is -2.38. The predicted molar refractivity (Wildman–Crippen MR) is 136 cm³/mol. The lowest BCUT2D eigenvalue weighted by atomic mass is 10.1. The van der Waals surface area contributed by atoms with Gasteiger partial charge in [-0.2, -0.15) is 0 Å². The van der Waals surface area contributed by atoms with Gasteiger partial charge in [0.05, 0.1) is 13.2 Å². The average Bonchev–Trinajstić information content (AvgIpc) is 3.31. The van der Waals surface area contributed by atoms with E-state index in [2.05, 4.69) is 54.4 Å². The zero-order valence-electron chi connectivity index (χ0n) is 20.7. The minimum atomic E-state index is -0.340. The van der Waals surface area contributed by atoms with Crippen molar-refractivity contribution in [2.45, 2.75) is 53.0 Å². The van der Waals surface area contributed by atoms with Gasteiger partial charge in [0.25, 0.3) is 0 Å². The summed E-state index contributed by atoms with van der Waals surface area (Å²) in [4.78, 5) is 14.1. The Labute approximate surface area is 198 Å². The molecule has 1 atom stereocenters. The first-order valence-electron chi connectivity index (χ1n) is 12.4. The van der Waals surface area contributed by atoms with Crippen LogP contribution in [0.15, 0.2) is 34.8 Å². The number of ether oxygens (including phenoxy) is 1. The van der Waals surface area contributed by atoms with E-state index in [4.69, 9.17) is 9.73 Å². The first-order chi connectivity index (χ1) is 15.9. The van der Waals surface area contributed by atoms with Gasteiger partial charge in [-0.3, -0.25) is 9.89 Å². The van der Waals surface area contributed by atoms with Crippen LogP contribution in [0.4, 0.5) is 4.39 Å². The Morgan fingerprint density at radius 2 is 1.97 bits per heavy atom. The summed E-state index contributed by atoms with van der Waals surface area (Å²) < 4.78 is 20.3. The standard InChI is InChI=1S/C26H40FN5O/c1-6-7-11-28-21(5)22-8-9-24(23(27)17-22)33-16-10-20(4)31-12-14-32(15-13-31)25-18-29-26(30-25)19(2)3/h8-9,17,19-20,28H,5-7,10-16,18H2,1-4H3. The molecule has 0 aliphatic carbocycles. The molecule has 0 spiro atoms. The van der Waals surface area contributed by atoms with Crippen LogP contribution in [0.2, 0.25) is 0 Å². The predicted octanol–water partition coefficient (Wildman–Crippen LogP) is 4.43. The number of halogens is 1. The Morgan fingerprint density at radius 1 is 1.21 bits per heavy atom. The summed E-state index contributed by atoms with van der Waals surface area (Å²) in [6.07, 6.45) is 3.03. The third-order valence-electron chi connectivity index (χ3n) is 6.39. The third-order valence-corrected chi connectivity index (χ3v) is 6.39. The highest BCUT2D eigenvalue weighted by Gasteiger charge is 2.25. The van der Waals surface area contributed by atoms with Crippen LogP contribution >= 0.6 is 0 Å². The van der Waals surface area contributed by atoms with Gasteiger partial charge in [0, 0.05) is 55.9 Å². The molecule has 1 N–H and O–H groups in total. The molecule has 1 aromatic rings. The molecule has 0 aromatic heterocycles. The number of hydrogen-bond donors (Lipinski definition) is 1. The molecule has 0 saturated carbocycles. The van der Waals surface area contributed by atoms with E-state index < -0.39 is 0 Å². The summed E-state index contributed by atoms with van der Waals surface area (Å²) in [5.41, 5.74) is 1.51. The summed E-state index contributed by atoms with van der Waals surface area (Å²) in [6.45, 7) is 18.6. The fourth-order valence-corrected chi connectivity index (χ4v) is 4.10. The monoisotopic (exact) mass is 457 g/mol. The van der Waals surface area contributed by atoms with Crippen molar-refractivity contribution in [3.63, 3.8) is 0 Å². The Bertz CT molecular complexity index is 858. The van der Waals surface area contributed by atoms with Crippen LogP contribution in [0.5, 0.6) is 5.75 Å². The first kappa shape index (κ1) is 25.2. The number of aliphatic imine (C=N–C) groups is 2. The molecule has 3 rings (SSSR count). The van der Waals surface area contributed by atoms with Crippen molar-refractivity contribution < 1.29 is 9.13 Å². The number of unbranched alkanes of at least 4 members (excludes halogenated alkanes) is 1. The maximum atomic E-state index is 14.5. The van der Waals surface area contributed by atoms with Gasteiger partial charge in [-0.15, -0.1) is 0 Å². The number of piperazine rings is 1. The van der Waals surface area contributed by atoms with E-state index in [1.54, 1.807) is 6.07 Å². The number of nitrogens with one attached hydrogen (secondary N) is 1. The topological polar surface area (TPSA) is 52.5 Å². The molecular formula is C26H40FN5O. The van der Waals surface area contributed by atoms with Gasteiger partial charge in [0.2, 0.25) is 0 Å². The highest BCUT2D eigenvalue weighted by Crippen LogP contribution is 2.22. The maximum absolute atomic E-state index is 14.5. The van der Waals surface area contributed by atoms with Crippen LogP contribution in [-0.4, -0.2) is 73.4 Å².